The molecule has 0 fully saturated rings. The van der Waals surface area contributed by atoms with E-state index in [4.69, 9.17) is 5.73 Å². The monoisotopic (exact) mass is 576 g/mol. The summed E-state index contributed by atoms with van der Waals surface area (Å²) < 4.78 is 28.7. The molecule has 2 rings (SSSR count). The minimum absolute atomic E-state index is 0.0541. The summed E-state index contributed by atoms with van der Waals surface area (Å²) in [5.41, 5.74) is 6.72. The summed E-state index contributed by atoms with van der Waals surface area (Å²) in [6.45, 7) is 8.27. The number of fused-ring (bicyclic) bond motifs is 1. The van der Waals surface area contributed by atoms with Gasteiger partial charge in [-0.2, -0.15) is 0 Å². The first-order valence-corrected chi connectivity index (χ1v) is 16.2. The highest BCUT2D eigenvalue weighted by Crippen LogP contribution is 2.30. The first kappa shape index (κ1) is 34.0. The van der Waals surface area contributed by atoms with Gasteiger partial charge in [0.15, 0.2) is 0 Å². The third-order valence-corrected chi connectivity index (χ3v) is 8.42. The highest BCUT2D eigenvalue weighted by molar-refractivity contribution is 7.89. The Morgan fingerprint density at radius 3 is 2.12 bits per heavy atom. The summed E-state index contributed by atoms with van der Waals surface area (Å²) in [6, 6.07) is 11.5. The van der Waals surface area contributed by atoms with Crippen LogP contribution in [0.5, 0.6) is 0 Å². The number of benzene rings is 2. The van der Waals surface area contributed by atoms with E-state index >= 15 is 0 Å². The van der Waals surface area contributed by atoms with Gasteiger partial charge in [-0.05, 0) is 90.7 Å². The third kappa shape index (κ3) is 12.5. The van der Waals surface area contributed by atoms with Crippen molar-refractivity contribution in [2.75, 3.05) is 51.7 Å². The molecule has 2 unspecified atom stereocenters. The fraction of sp³-hybridized carbons (Fsp3) is 0.633. The third-order valence-electron chi connectivity index (χ3n) is 6.90. The molecule has 2 aromatic carbocycles. The largest absolute Gasteiger partial charge is 0.377 e. The maximum Gasteiger partial charge on any atom is 0.241 e. The van der Waals surface area contributed by atoms with Crippen LogP contribution in [-0.4, -0.2) is 73.2 Å². The molecule has 6 N–H and O–H groups in total. The van der Waals surface area contributed by atoms with Gasteiger partial charge in [-0.25, -0.2) is 13.1 Å². The minimum Gasteiger partial charge on any atom is -0.377 e. The lowest BCUT2D eigenvalue weighted by Gasteiger charge is -2.17. The van der Waals surface area contributed by atoms with E-state index in [1.54, 1.807) is 12.1 Å². The van der Waals surface area contributed by atoms with E-state index in [-0.39, 0.29) is 18.0 Å². The van der Waals surface area contributed by atoms with E-state index in [2.05, 4.69) is 20.7 Å². The lowest BCUT2D eigenvalue weighted by atomic mass is 10.1. The van der Waals surface area contributed by atoms with Crippen molar-refractivity contribution in [2.45, 2.75) is 82.2 Å². The van der Waals surface area contributed by atoms with Crippen molar-refractivity contribution < 1.29 is 13.2 Å². The van der Waals surface area contributed by atoms with Crippen molar-refractivity contribution in [1.29, 1.82) is 0 Å². The van der Waals surface area contributed by atoms with Crippen LogP contribution < -0.4 is 31.3 Å². The van der Waals surface area contributed by atoms with Gasteiger partial charge in [-0.1, -0.05) is 30.7 Å². The van der Waals surface area contributed by atoms with Crippen molar-refractivity contribution in [1.82, 2.24) is 20.7 Å². The number of hydrogen-bond acceptors (Lipinski definition) is 7. The Morgan fingerprint density at radius 2 is 1.45 bits per heavy atom. The van der Waals surface area contributed by atoms with Gasteiger partial charge in [0.2, 0.25) is 15.9 Å². The van der Waals surface area contributed by atoms with Crippen LogP contribution in [0, 0.1) is 0 Å². The molecule has 0 aliphatic heterocycles. The average molecular weight is 577 g/mol. The average Bonchev–Trinajstić information content (AvgIpc) is 2.90. The maximum absolute atomic E-state index is 13.0. The van der Waals surface area contributed by atoms with E-state index in [1.165, 1.54) is 0 Å². The minimum atomic E-state index is -3.63. The Labute approximate surface area is 242 Å². The van der Waals surface area contributed by atoms with Gasteiger partial charge in [0.05, 0.1) is 4.90 Å². The predicted octanol–water partition coefficient (Wildman–Crippen LogP) is 3.34. The van der Waals surface area contributed by atoms with Crippen LogP contribution in [0.15, 0.2) is 41.3 Å². The standard InChI is InChI=1S/C30H52N6O3S/c1-24(31)17-22-32-19-8-9-20-33-23-18-25(2)35-30(37)16-6-5-7-21-34-40(38,39)29-15-11-12-26-27(29)13-10-14-28(26)36(3)4/h10-15,24-25,32-34H,5-9,16-23,31H2,1-4H3,(H,35,37). The summed E-state index contributed by atoms with van der Waals surface area (Å²) in [5, 5.41) is 11.5. The van der Waals surface area contributed by atoms with Crippen LogP contribution in [0.4, 0.5) is 5.69 Å². The zero-order chi connectivity index (χ0) is 29.4. The molecular weight excluding hydrogens is 524 g/mol. The zero-order valence-electron chi connectivity index (χ0n) is 25.0. The van der Waals surface area contributed by atoms with E-state index in [0.29, 0.717) is 29.7 Å². The lowest BCUT2D eigenvalue weighted by Crippen LogP contribution is -2.35. The van der Waals surface area contributed by atoms with Gasteiger partial charge in [-0.15, -0.1) is 0 Å². The number of amides is 1. The first-order chi connectivity index (χ1) is 19.1. The summed E-state index contributed by atoms with van der Waals surface area (Å²) in [4.78, 5) is 14.5. The van der Waals surface area contributed by atoms with Gasteiger partial charge < -0.3 is 26.6 Å². The number of unbranched alkanes of at least 4 members (excludes halogenated alkanes) is 3. The van der Waals surface area contributed by atoms with E-state index in [1.807, 2.05) is 57.1 Å². The molecule has 0 aliphatic rings. The number of carbonyl (C=O) groups excluding carboxylic acids is 1. The fourth-order valence-electron chi connectivity index (χ4n) is 4.58. The molecule has 2 atom stereocenters. The number of rotatable bonds is 21. The number of anilines is 1. The SMILES string of the molecule is CC(N)CCNCCCCNCCC(C)NC(=O)CCCCCNS(=O)(=O)c1cccc2c(N(C)C)cccc12. The van der Waals surface area contributed by atoms with Gasteiger partial charge in [0.1, 0.15) is 0 Å². The second-order valence-electron chi connectivity index (χ2n) is 11.0. The highest BCUT2D eigenvalue weighted by Gasteiger charge is 2.18. The Bertz CT molecular complexity index is 1120. The van der Waals surface area contributed by atoms with Gasteiger partial charge >= 0.3 is 0 Å². The Morgan fingerprint density at radius 1 is 0.825 bits per heavy atom. The van der Waals surface area contributed by atoms with Crippen LogP contribution in [0.25, 0.3) is 10.8 Å². The molecule has 40 heavy (non-hydrogen) atoms. The molecule has 9 nitrogen and oxygen atoms in total. The molecule has 0 heterocycles. The molecule has 10 heteroatoms. The van der Waals surface area contributed by atoms with Crippen LogP contribution in [-0.2, 0) is 14.8 Å². The quantitative estimate of drug-likeness (QED) is 0.144. The molecule has 0 saturated heterocycles. The van der Waals surface area contributed by atoms with E-state index < -0.39 is 10.0 Å². The Kier molecular flexibility index (Phi) is 15.5. The van der Waals surface area contributed by atoms with Crippen LogP contribution in [0.3, 0.4) is 0 Å². The van der Waals surface area contributed by atoms with Crippen LogP contribution in [0.1, 0.15) is 65.2 Å². The second-order valence-corrected chi connectivity index (χ2v) is 12.7. The first-order valence-electron chi connectivity index (χ1n) is 14.8. The van der Waals surface area contributed by atoms with Crippen molar-refractivity contribution in [2.24, 2.45) is 5.73 Å². The van der Waals surface area contributed by atoms with E-state index in [0.717, 1.165) is 75.8 Å². The molecule has 226 valence electrons. The lowest BCUT2D eigenvalue weighted by molar-refractivity contribution is -0.121. The Hall–Kier alpha value is -2.24. The summed E-state index contributed by atoms with van der Waals surface area (Å²) >= 11 is 0. The number of sulfonamides is 1. The number of hydrogen-bond donors (Lipinski definition) is 5. The molecule has 0 aromatic heterocycles. The van der Waals surface area contributed by atoms with Crippen molar-refractivity contribution in [3.8, 4) is 0 Å². The van der Waals surface area contributed by atoms with Gasteiger partial charge in [0, 0.05) is 55.6 Å². The normalized spacial score (nSPS) is 13.3. The topological polar surface area (TPSA) is 129 Å². The Balaban J connectivity index is 1.56. The number of nitrogens with one attached hydrogen (secondary N) is 4. The smallest absolute Gasteiger partial charge is 0.241 e. The molecule has 0 radical (unpaired) electrons. The predicted molar refractivity (Wildman–Crippen MR) is 167 cm³/mol. The van der Waals surface area contributed by atoms with Crippen molar-refractivity contribution in [3.05, 3.63) is 36.4 Å². The fourth-order valence-corrected chi connectivity index (χ4v) is 5.87. The van der Waals surface area contributed by atoms with Crippen molar-refractivity contribution >= 4 is 32.4 Å². The number of nitrogens with two attached hydrogens (primary N) is 1. The molecule has 0 spiro atoms. The zero-order valence-corrected chi connectivity index (χ0v) is 25.8. The van der Waals surface area contributed by atoms with Crippen LogP contribution in [0.2, 0.25) is 0 Å². The molecule has 2 aromatic rings. The summed E-state index contributed by atoms with van der Waals surface area (Å²) in [7, 11) is 0.258. The second kappa shape index (κ2) is 18.2. The molecule has 1 amide bonds. The number of carbonyl (C=O) groups is 1. The molecule has 0 saturated carbocycles. The molecular formula is C30H52N6O3S. The van der Waals surface area contributed by atoms with Gasteiger partial charge in [0.25, 0.3) is 0 Å². The maximum atomic E-state index is 13.0. The number of nitrogens with zero attached hydrogens (tertiary/aromatic N) is 1. The highest BCUT2D eigenvalue weighted by atomic mass is 32.2. The summed E-state index contributed by atoms with van der Waals surface area (Å²) in [6.07, 6.45) is 6.82. The van der Waals surface area contributed by atoms with Crippen molar-refractivity contribution in [3.63, 3.8) is 0 Å². The summed E-state index contributed by atoms with van der Waals surface area (Å²) in [5.74, 6) is 0.0541. The van der Waals surface area contributed by atoms with Crippen LogP contribution >= 0.6 is 0 Å². The molecule has 0 bridgehead atoms. The van der Waals surface area contributed by atoms with E-state index in [9.17, 15) is 13.2 Å². The molecule has 0 aliphatic carbocycles. The van der Waals surface area contributed by atoms with Gasteiger partial charge in [-0.3, -0.25) is 4.79 Å².